The van der Waals surface area contributed by atoms with Gasteiger partial charge < -0.3 is 5.73 Å². The van der Waals surface area contributed by atoms with Gasteiger partial charge in [0.2, 0.25) is 0 Å². The first-order valence-corrected chi connectivity index (χ1v) is 9.35. The molecule has 21 heavy (non-hydrogen) atoms. The van der Waals surface area contributed by atoms with Crippen LogP contribution in [0.1, 0.15) is 36.8 Å². The summed E-state index contributed by atoms with van der Waals surface area (Å²) in [5.74, 6) is 0.00792. The van der Waals surface area contributed by atoms with Crippen LogP contribution in [0.2, 0.25) is 0 Å². The fourth-order valence-electron chi connectivity index (χ4n) is 3.09. The maximum Gasteiger partial charge on any atom is 0.150 e. The molecule has 0 radical (unpaired) electrons. The van der Waals surface area contributed by atoms with Crippen LogP contribution in [0.15, 0.2) is 24.3 Å². The highest BCUT2D eigenvalue weighted by molar-refractivity contribution is 7.91. The smallest absolute Gasteiger partial charge is 0.150 e. The van der Waals surface area contributed by atoms with Crippen molar-refractivity contribution in [1.29, 1.82) is 0 Å². The van der Waals surface area contributed by atoms with Crippen LogP contribution in [-0.4, -0.2) is 25.7 Å². The zero-order valence-electron chi connectivity index (χ0n) is 12.4. The molecule has 1 aromatic carbocycles. The second-order valence-electron chi connectivity index (χ2n) is 5.93. The maximum atomic E-state index is 12.5. The highest BCUT2D eigenvalue weighted by Crippen LogP contribution is 2.30. The monoisotopic (exact) mass is 309 g/mol. The van der Waals surface area contributed by atoms with E-state index in [0.29, 0.717) is 25.8 Å². The molecule has 4 nitrogen and oxygen atoms in total. The van der Waals surface area contributed by atoms with Gasteiger partial charge in [-0.2, -0.15) is 0 Å². The summed E-state index contributed by atoms with van der Waals surface area (Å²) in [7, 11) is -3.05. The van der Waals surface area contributed by atoms with Gasteiger partial charge in [-0.05, 0) is 30.4 Å². The second kappa shape index (κ2) is 6.71. The molecule has 5 heteroatoms. The minimum Gasteiger partial charge on any atom is -0.326 e. The molecule has 1 aromatic rings. The third kappa shape index (κ3) is 4.14. The molecule has 116 valence electrons. The van der Waals surface area contributed by atoms with Gasteiger partial charge in [0.1, 0.15) is 15.6 Å². The molecule has 2 N–H and O–H groups in total. The van der Waals surface area contributed by atoms with Crippen molar-refractivity contribution >= 4 is 15.6 Å². The minimum absolute atomic E-state index is 0.135. The third-order valence-electron chi connectivity index (χ3n) is 4.39. The molecule has 0 bridgehead atoms. The average molecular weight is 309 g/mol. The minimum atomic E-state index is -3.05. The van der Waals surface area contributed by atoms with E-state index in [0.717, 1.165) is 24.0 Å². The second-order valence-corrected chi connectivity index (χ2v) is 8.26. The molecule has 1 fully saturated rings. The van der Waals surface area contributed by atoms with Crippen LogP contribution < -0.4 is 5.73 Å². The molecular formula is C16H23NO3S. The number of nitrogens with two attached hydrogens (primary N) is 1. The SMILES string of the molecule is CS(=O)(=O)C1CCCC(C(=O)Cc2ccccc2CN)C1. The first-order chi connectivity index (χ1) is 9.91. The number of benzene rings is 1. The number of carbonyl (C=O) groups excluding carboxylic acids is 1. The number of sulfone groups is 1. The lowest BCUT2D eigenvalue weighted by Gasteiger charge is -2.27. The molecule has 0 aliphatic heterocycles. The topological polar surface area (TPSA) is 77.2 Å². The van der Waals surface area contributed by atoms with E-state index in [1.165, 1.54) is 6.26 Å². The Kier molecular flexibility index (Phi) is 5.17. The van der Waals surface area contributed by atoms with Crippen LogP contribution in [0.5, 0.6) is 0 Å². The molecule has 0 heterocycles. The quantitative estimate of drug-likeness (QED) is 0.900. The predicted octanol–water partition coefficient (Wildman–Crippen LogP) is 1.86. The van der Waals surface area contributed by atoms with Crippen molar-refractivity contribution in [1.82, 2.24) is 0 Å². The lowest BCUT2D eigenvalue weighted by molar-refractivity contribution is -0.123. The summed E-state index contributed by atoms with van der Waals surface area (Å²) in [5.41, 5.74) is 7.65. The Morgan fingerprint density at radius 1 is 1.24 bits per heavy atom. The standard InChI is InChI=1S/C16H23NO3S/c1-21(19,20)15-8-4-7-13(9-15)16(18)10-12-5-2-3-6-14(12)11-17/h2-3,5-6,13,15H,4,7-11,17H2,1H3. The van der Waals surface area contributed by atoms with Crippen LogP contribution in [0.4, 0.5) is 0 Å². The molecule has 1 saturated carbocycles. The van der Waals surface area contributed by atoms with Gasteiger partial charge in [-0.3, -0.25) is 4.79 Å². The highest BCUT2D eigenvalue weighted by atomic mass is 32.2. The Bertz CT molecular complexity index is 610. The Morgan fingerprint density at radius 3 is 2.52 bits per heavy atom. The van der Waals surface area contributed by atoms with Crippen molar-refractivity contribution in [3.05, 3.63) is 35.4 Å². The van der Waals surface area contributed by atoms with Gasteiger partial charge in [0, 0.05) is 25.1 Å². The van der Waals surface area contributed by atoms with Crippen molar-refractivity contribution in [2.24, 2.45) is 11.7 Å². The Balaban J connectivity index is 2.06. The molecule has 1 aliphatic rings. The first kappa shape index (κ1) is 16.2. The van der Waals surface area contributed by atoms with E-state index < -0.39 is 9.84 Å². The van der Waals surface area contributed by atoms with Gasteiger partial charge in [-0.1, -0.05) is 30.7 Å². The van der Waals surface area contributed by atoms with Gasteiger partial charge in [0.25, 0.3) is 0 Å². The number of ketones is 1. The fraction of sp³-hybridized carbons (Fsp3) is 0.562. The highest BCUT2D eigenvalue weighted by Gasteiger charge is 2.32. The summed E-state index contributed by atoms with van der Waals surface area (Å²) >= 11 is 0. The normalized spacial score (nSPS) is 23.0. The molecule has 0 aromatic heterocycles. The van der Waals surface area contributed by atoms with Gasteiger partial charge in [-0.15, -0.1) is 0 Å². The van der Waals surface area contributed by atoms with E-state index in [1.807, 2.05) is 24.3 Å². The van der Waals surface area contributed by atoms with Gasteiger partial charge in [-0.25, -0.2) is 8.42 Å². The van der Waals surface area contributed by atoms with Crippen molar-refractivity contribution < 1.29 is 13.2 Å². The average Bonchev–Trinajstić information content (AvgIpc) is 2.47. The van der Waals surface area contributed by atoms with Crippen LogP contribution in [-0.2, 0) is 27.6 Å². The largest absolute Gasteiger partial charge is 0.326 e. The summed E-state index contributed by atoms with van der Waals surface area (Å²) in [4.78, 5) is 12.5. The lowest BCUT2D eigenvalue weighted by Crippen LogP contribution is -2.31. The van der Waals surface area contributed by atoms with Crippen LogP contribution in [0.25, 0.3) is 0 Å². The van der Waals surface area contributed by atoms with E-state index in [2.05, 4.69) is 0 Å². The zero-order chi connectivity index (χ0) is 15.5. The van der Waals surface area contributed by atoms with E-state index in [1.54, 1.807) is 0 Å². The van der Waals surface area contributed by atoms with Crippen LogP contribution >= 0.6 is 0 Å². The van der Waals surface area contributed by atoms with Gasteiger partial charge >= 0.3 is 0 Å². The molecule has 2 rings (SSSR count). The molecule has 0 saturated heterocycles. The summed E-state index contributed by atoms with van der Waals surface area (Å²) in [5, 5.41) is -0.357. The third-order valence-corrected chi connectivity index (χ3v) is 6.03. The fourth-order valence-corrected chi connectivity index (χ4v) is 4.26. The summed E-state index contributed by atoms with van der Waals surface area (Å²) in [6.45, 7) is 0.417. The molecule has 0 amide bonds. The molecule has 2 atom stereocenters. The van der Waals surface area contributed by atoms with E-state index in [-0.39, 0.29) is 17.0 Å². The van der Waals surface area contributed by atoms with E-state index >= 15 is 0 Å². The molecule has 2 unspecified atom stereocenters. The van der Waals surface area contributed by atoms with E-state index in [4.69, 9.17) is 5.73 Å². The predicted molar refractivity (Wildman–Crippen MR) is 83.6 cm³/mol. The number of hydrogen-bond donors (Lipinski definition) is 1. The van der Waals surface area contributed by atoms with Gasteiger partial charge in [0.15, 0.2) is 0 Å². The number of hydrogen-bond acceptors (Lipinski definition) is 4. The maximum absolute atomic E-state index is 12.5. The summed E-state index contributed by atoms with van der Waals surface area (Å²) in [6.07, 6.45) is 4.40. The van der Waals surface area contributed by atoms with Crippen molar-refractivity contribution in [2.75, 3.05) is 6.26 Å². The summed E-state index contributed by atoms with van der Waals surface area (Å²) in [6, 6.07) is 7.68. The van der Waals surface area contributed by atoms with Crippen LogP contribution in [0.3, 0.4) is 0 Å². The lowest BCUT2D eigenvalue weighted by atomic mass is 9.83. The molecular weight excluding hydrogens is 286 g/mol. The van der Waals surface area contributed by atoms with Crippen LogP contribution in [0, 0.1) is 5.92 Å². The van der Waals surface area contributed by atoms with E-state index in [9.17, 15) is 13.2 Å². The Morgan fingerprint density at radius 2 is 1.90 bits per heavy atom. The van der Waals surface area contributed by atoms with Crippen molar-refractivity contribution in [2.45, 2.75) is 43.9 Å². The number of rotatable bonds is 5. The number of carbonyl (C=O) groups is 1. The molecule has 0 spiro atoms. The van der Waals surface area contributed by atoms with Crippen molar-refractivity contribution in [3.63, 3.8) is 0 Å². The summed E-state index contributed by atoms with van der Waals surface area (Å²) < 4.78 is 23.4. The number of Topliss-reactive ketones (excluding diaryl/α,β-unsaturated/α-hetero) is 1. The van der Waals surface area contributed by atoms with Gasteiger partial charge in [0.05, 0.1) is 5.25 Å². The Hall–Kier alpha value is -1.20. The zero-order valence-corrected chi connectivity index (χ0v) is 13.2. The van der Waals surface area contributed by atoms with Crippen molar-refractivity contribution in [3.8, 4) is 0 Å². The first-order valence-electron chi connectivity index (χ1n) is 7.40. The Labute approximate surface area is 126 Å². The molecule has 1 aliphatic carbocycles.